The Bertz CT molecular complexity index is 972. The molecule has 1 saturated heterocycles. The molecule has 7 nitrogen and oxygen atoms in total. The van der Waals surface area contributed by atoms with E-state index < -0.39 is 0 Å². The van der Waals surface area contributed by atoms with Crippen LogP contribution in [0.1, 0.15) is 30.3 Å². The minimum absolute atomic E-state index is 0.0306. The van der Waals surface area contributed by atoms with Gasteiger partial charge in [-0.25, -0.2) is 4.98 Å². The number of methoxy groups -OCH3 is 3. The molecular formula is C22H25N3O4. The van der Waals surface area contributed by atoms with E-state index >= 15 is 0 Å². The smallest absolute Gasteiger partial charge is 0.227 e. The summed E-state index contributed by atoms with van der Waals surface area (Å²) in [6.45, 7) is 0.727. The first-order valence-electron chi connectivity index (χ1n) is 9.67. The molecule has 4 rings (SSSR count). The molecule has 0 radical (unpaired) electrons. The van der Waals surface area contributed by atoms with Crippen molar-refractivity contribution in [3.8, 4) is 17.2 Å². The van der Waals surface area contributed by atoms with Crippen LogP contribution >= 0.6 is 0 Å². The zero-order chi connectivity index (χ0) is 20.4. The van der Waals surface area contributed by atoms with Crippen molar-refractivity contribution in [1.82, 2.24) is 14.9 Å². The van der Waals surface area contributed by atoms with Gasteiger partial charge in [-0.2, -0.15) is 0 Å². The molecule has 0 saturated carbocycles. The maximum Gasteiger partial charge on any atom is 0.227 e. The van der Waals surface area contributed by atoms with Gasteiger partial charge >= 0.3 is 0 Å². The number of aromatic nitrogens is 2. The number of aromatic amines is 1. The van der Waals surface area contributed by atoms with E-state index in [9.17, 15) is 4.79 Å². The molecule has 152 valence electrons. The van der Waals surface area contributed by atoms with Crippen molar-refractivity contribution in [2.75, 3.05) is 27.9 Å². The number of hydrogen-bond donors (Lipinski definition) is 1. The number of imidazole rings is 1. The van der Waals surface area contributed by atoms with Gasteiger partial charge in [0.25, 0.3) is 0 Å². The van der Waals surface area contributed by atoms with Crippen LogP contribution in [0, 0.1) is 0 Å². The zero-order valence-electron chi connectivity index (χ0n) is 16.9. The van der Waals surface area contributed by atoms with Crippen LogP contribution in [0.15, 0.2) is 36.4 Å². The van der Waals surface area contributed by atoms with Crippen LogP contribution < -0.4 is 14.2 Å². The summed E-state index contributed by atoms with van der Waals surface area (Å²) in [6, 6.07) is 11.5. The molecule has 3 aromatic rings. The number of likely N-dealkylation sites (tertiary alicyclic amines) is 1. The Labute approximate surface area is 169 Å². The van der Waals surface area contributed by atoms with Crippen molar-refractivity contribution in [2.45, 2.75) is 25.3 Å². The Kier molecular flexibility index (Phi) is 5.29. The van der Waals surface area contributed by atoms with Crippen molar-refractivity contribution in [3.05, 3.63) is 47.8 Å². The Morgan fingerprint density at radius 1 is 1.14 bits per heavy atom. The van der Waals surface area contributed by atoms with E-state index in [0.717, 1.165) is 41.8 Å². The van der Waals surface area contributed by atoms with Gasteiger partial charge in [-0.15, -0.1) is 0 Å². The maximum atomic E-state index is 13.1. The van der Waals surface area contributed by atoms with E-state index in [0.29, 0.717) is 17.2 Å². The molecular weight excluding hydrogens is 370 g/mol. The highest BCUT2D eigenvalue weighted by Crippen LogP contribution is 2.39. The molecule has 1 aromatic heterocycles. The van der Waals surface area contributed by atoms with E-state index in [2.05, 4.69) is 4.98 Å². The van der Waals surface area contributed by atoms with Crippen LogP contribution in [-0.2, 0) is 11.2 Å². The first-order valence-corrected chi connectivity index (χ1v) is 9.67. The van der Waals surface area contributed by atoms with Gasteiger partial charge in [0.05, 0.1) is 44.8 Å². The molecule has 29 heavy (non-hydrogen) atoms. The normalized spacial score (nSPS) is 16.2. The summed E-state index contributed by atoms with van der Waals surface area (Å²) < 4.78 is 16.2. The molecule has 7 heteroatoms. The fourth-order valence-corrected chi connectivity index (χ4v) is 3.99. The Balaban J connectivity index is 1.57. The quantitative estimate of drug-likeness (QED) is 0.691. The molecule has 1 amide bonds. The number of fused-ring (bicyclic) bond motifs is 1. The van der Waals surface area contributed by atoms with E-state index in [1.807, 2.05) is 41.3 Å². The van der Waals surface area contributed by atoms with Crippen LogP contribution in [0.3, 0.4) is 0 Å². The third-order valence-electron chi connectivity index (χ3n) is 5.38. The molecule has 1 aliphatic rings. The van der Waals surface area contributed by atoms with Crippen molar-refractivity contribution < 1.29 is 19.0 Å². The van der Waals surface area contributed by atoms with Crippen molar-refractivity contribution >= 4 is 16.9 Å². The lowest BCUT2D eigenvalue weighted by Crippen LogP contribution is -2.32. The van der Waals surface area contributed by atoms with Gasteiger partial charge in [-0.1, -0.05) is 12.1 Å². The van der Waals surface area contributed by atoms with Crippen LogP contribution in [0.2, 0.25) is 0 Å². The Hall–Kier alpha value is -3.22. The first-order chi connectivity index (χ1) is 14.1. The van der Waals surface area contributed by atoms with Crippen molar-refractivity contribution in [2.24, 2.45) is 0 Å². The molecule has 2 aromatic carbocycles. The Morgan fingerprint density at radius 2 is 1.86 bits per heavy atom. The lowest BCUT2D eigenvalue weighted by atomic mass is 10.1. The molecule has 0 bridgehead atoms. The monoisotopic (exact) mass is 395 g/mol. The van der Waals surface area contributed by atoms with E-state index in [1.54, 1.807) is 21.3 Å². The number of benzene rings is 2. The molecule has 1 N–H and O–H groups in total. The first kappa shape index (κ1) is 19.1. The summed E-state index contributed by atoms with van der Waals surface area (Å²) in [7, 11) is 4.70. The highest BCUT2D eigenvalue weighted by Gasteiger charge is 2.32. The number of rotatable bonds is 6. The lowest BCUT2D eigenvalue weighted by molar-refractivity contribution is -0.131. The molecule has 2 heterocycles. The number of amides is 1. The predicted molar refractivity (Wildman–Crippen MR) is 110 cm³/mol. The summed E-state index contributed by atoms with van der Waals surface area (Å²) >= 11 is 0. The van der Waals surface area contributed by atoms with Gasteiger partial charge in [-0.05, 0) is 42.7 Å². The zero-order valence-corrected chi connectivity index (χ0v) is 16.9. The third-order valence-corrected chi connectivity index (χ3v) is 5.38. The standard InChI is InChI=1S/C22H25N3O4/c1-27-18-11-14(12-19(28-2)21(18)29-3)13-20(26)25-10-6-9-17(25)22-23-15-7-4-5-8-16(15)24-22/h4-5,7-8,11-12,17H,6,9-10,13H2,1-3H3,(H,23,24)/t17-/m1/s1. The van der Waals surface area contributed by atoms with Gasteiger partial charge in [-0.3, -0.25) is 4.79 Å². The molecule has 1 aliphatic heterocycles. The number of hydrogen-bond acceptors (Lipinski definition) is 5. The molecule has 0 unspecified atom stereocenters. The van der Waals surface area contributed by atoms with Gasteiger partial charge in [0.15, 0.2) is 11.5 Å². The average molecular weight is 395 g/mol. The van der Waals surface area contributed by atoms with Gasteiger partial charge in [0.1, 0.15) is 5.82 Å². The van der Waals surface area contributed by atoms with Crippen molar-refractivity contribution in [1.29, 1.82) is 0 Å². The SMILES string of the molecule is COc1cc(CC(=O)N2CCC[C@@H]2c2nc3ccccc3[nH]2)cc(OC)c1OC. The van der Waals surface area contributed by atoms with E-state index in [4.69, 9.17) is 19.2 Å². The number of carbonyl (C=O) groups is 1. The Morgan fingerprint density at radius 3 is 2.52 bits per heavy atom. The number of para-hydroxylation sites is 2. The number of ether oxygens (including phenoxy) is 3. The van der Waals surface area contributed by atoms with E-state index in [1.165, 1.54) is 0 Å². The number of nitrogens with one attached hydrogen (secondary N) is 1. The fraction of sp³-hybridized carbons (Fsp3) is 0.364. The fourth-order valence-electron chi connectivity index (χ4n) is 3.99. The largest absolute Gasteiger partial charge is 0.493 e. The maximum absolute atomic E-state index is 13.1. The number of H-pyrrole nitrogens is 1. The second-order valence-electron chi connectivity index (χ2n) is 7.09. The highest BCUT2D eigenvalue weighted by atomic mass is 16.5. The van der Waals surface area contributed by atoms with Crippen LogP contribution in [0.4, 0.5) is 0 Å². The molecule has 0 spiro atoms. The van der Waals surface area contributed by atoms with Crippen LogP contribution in [-0.4, -0.2) is 48.6 Å². The summed E-state index contributed by atoms with van der Waals surface area (Å²) in [5.74, 6) is 2.52. The van der Waals surface area contributed by atoms with Gasteiger partial charge in [0, 0.05) is 6.54 Å². The average Bonchev–Trinajstić information content (AvgIpc) is 3.39. The van der Waals surface area contributed by atoms with Gasteiger partial charge in [0.2, 0.25) is 11.7 Å². The number of carbonyl (C=O) groups excluding carboxylic acids is 1. The molecule has 1 fully saturated rings. The lowest BCUT2D eigenvalue weighted by Gasteiger charge is -2.23. The van der Waals surface area contributed by atoms with Crippen LogP contribution in [0.5, 0.6) is 17.2 Å². The topological polar surface area (TPSA) is 76.7 Å². The highest BCUT2D eigenvalue weighted by molar-refractivity contribution is 5.80. The third kappa shape index (κ3) is 3.60. The minimum atomic E-state index is -0.0306. The predicted octanol–water partition coefficient (Wildman–Crippen LogP) is 3.49. The summed E-state index contributed by atoms with van der Waals surface area (Å²) in [5.41, 5.74) is 2.73. The summed E-state index contributed by atoms with van der Waals surface area (Å²) in [4.78, 5) is 23.1. The summed E-state index contributed by atoms with van der Waals surface area (Å²) in [5, 5.41) is 0. The molecule has 1 atom stereocenters. The van der Waals surface area contributed by atoms with Crippen LogP contribution in [0.25, 0.3) is 11.0 Å². The molecule has 0 aliphatic carbocycles. The van der Waals surface area contributed by atoms with Crippen molar-refractivity contribution in [3.63, 3.8) is 0 Å². The second-order valence-corrected chi connectivity index (χ2v) is 7.09. The number of nitrogens with zero attached hydrogens (tertiary/aromatic N) is 2. The second kappa shape index (κ2) is 8.03. The minimum Gasteiger partial charge on any atom is -0.493 e. The summed E-state index contributed by atoms with van der Waals surface area (Å²) in [6.07, 6.45) is 2.12. The van der Waals surface area contributed by atoms with E-state index in [-0.39, 0.29) is 18.4 Å². The van der Waals surface area contributed by atoms with Gasteiger partial charge < -0.3 is 24.1 Å².